The van der Waals surface area contributed by atoms with Gasteiger partial charge in [0.1, 0.15) is 0 Å². The Kier molecular flexibility index (Phi) is 6.19. The van der Waals surface area contributed by atoms with E-state index in [9.17, 15) is 0 Å². The molecule has 0 aromatic heterocycles. The fourth-order valence-electron chi connectivity index (χ4n) is 2.14. The molecule has 0 heteroatoms. The van der Waals surface area contributed by atoms with Gasteiger partial charge in [0.2, 0.25) is 0 Å². The van der Waals surface area contributed by atoms with Gasteiger partial charge in [-0.1, -0.05) is 108 Å². The number of rotatable bonds is 5. The summed E-state index contributed by atoms with van der Waals surface area (Å²) in [5.41, 5.74) is 4.93. The highest BCUT2D eigenvalue weighted by Gasteiger charge is 1.87. The predicted molar refractivity (Wildman–Crippen MR) is 98.5 cm³/mol. The summed E-state index contributed by atoms with van der Waals surface area (Å²) in [6, 6.07) is 20.7. The summed E-state index contributed by atoms with van der Waals surface area (Å²) in [5, 5.41) is 0. The third-order valence-electron chi connectivity index (χ3n) is 3.22. The lowest BCUT2D eigenvalue weighted by Gasteiger charge is -1.95. The van der Waals surface area contributed by atoms with Crippen LogP contribution in [0, 0.1) is 0 Å². The van der Waals surface area contributed by atoms with Crippen LogP contribution in [0.15, 0.2) is 96.1 Å². The normalized spacial score (nSPS) is 13.2. The summed E-state index contributed by atoms with van der Waals surface area (Å²) in [6.07, 6.45) is 12.8. The van der Waals surface area contributed by atoms with E-state index in [1.165, 1.54) is 22.3 Å². The van der Waals surface area contributed by atoms with Gasteiger partial charge >= 0.3 is 0 Å². The lowest BCUT2D eigenvalue weighted by atomic mass is 10.1. The molecule has 0 fully saturated rings. The molecule has 2 aromatic carbocycles. The van der Waals surface area contributed by atoms with Crippen molar-refractivity contribution in [3.8, 4) is 0 Å². The van der Waals surface area contributed by atoms with Crippen LogP contribution in [0.4, 0.5) is 0 Å². The number of benzene rings is 2. The minimum atomic E-state index is 1.23. The van der Waals surface area contributed by atoms with E-state index in [1.807, 2.05) is 12.1 Å². The average Bonchev–Trinajstić information content (AvgIpc) is 2.53. The van der Waals surface area contributed by atoms with E-state index in [0.717, 1.165) is 0 Å². The Hall–Kier alpha value is -2.60. The molecule has 2 rings (SSSR count). The molecule has 0 radical (unpaired) electrons. The molecule has 110 valence electrons. The van der Waals surface area contributed by atoms with Crippen molar-refractivity contribution in [1.82, 2.24) is 0 Å². The van der Waals surface area contributed by atoms with Crippen LogP contribution in [-0.2, 0) is 0 Å². The molecule has 22 heavy (non-hydrogen) atoms. The molecule has 0 saturated heterocycles. The highest BCUT2D eigenvalue weighted by molar-refractivity contribution is 5.56. The van der Waals surface area contributed by atoms with Gasteiger partial charge < -0.3 is 0 Å². The topological polar surface area (TPSA) is 0 Å². The van der Waals surface area contributed by atoms with Crippen LogP contribution in [0.3, 0.4) is 0 Å². The van der Waals surface area contributed by atoms with Gasteiger partial charge in [-0.3, -0.25) is 0 Å². The Balaban J connectivity index is 1.94. The maximum Gasteiger partial charge on any atom is -0.0254 e. The first-order valence-corrected chi connectivity index (χ1v) is 7.55. The standard InChI is InChI=1S/C22H22/c1-19(17-21-13-5-3-6-14-21)11-9-10-12-20(2)18-22-15-7-4-8-16-22/h3-18H,1-2H3/b11-9-,12-10+,19-17+,20-18+. The van der Waals surface area contributed by atoms with E-state index in [1.54, 1.807) is 0 Å². The van der Waals surface area contributed by atoms with Gasteiger partial charge in [0, 0.05) is 0 Å². The molecule has 0 unspecified atom stereocenters. The second-order valence-electron chi connectivity index (χ2n) is 5.32. The Morgan fingerprint density at radius 2 is 0.955 bits per heavy atom. The van der Waals surface area contributed by atoms with Crippen LogP contribution in [0.25, 0.3) is 12.2 Å². The molecule has 2 aromatic rings. The van der Waals surface area contributed by atoms with Crippen LogP contribution in [0.5, 0.6) is 0 Å². The first-order chi connectivity index (χ1) is 10.7. The smallest absolute Gasteiger partial charge is 0.0254 e. The summed E-state index contributed by atoms with van der Waals surface area (Å²) < 4.78 is 0. The van der Waals surface area contributed by atoms with E-state index in [4.69, 9.17) is 0 Å². The van der Waals surface area contributed by atoms with Gasteiger partial charge in [0.15, 0.2) is 0 Å². The Labute approximate surface area is 133 Å². The summed E-state index contributed by atoms with van der Waals surface area (Å²) in [6.45, 7) is 4.23. The first kappa shape index (κ1) is 15.8. The lowest BCUT2D eigenvalue weighted by Crippen LogP contribution is -1.73. The summed E-state index contributed by atoms with van der Waals surface area (Å²) >= 11 is 0. The van der Waals surface area contributed by atoms with Crippen LogP contribution in [0.2, 0.25) is 0 Å². The molecule has 0 heterocycles. The number of allylic oxidation sites excluding steroid dienone is 6. The van der Waals surface area contributed by atoms with Crippen molar-refractivity contribution in [2.24, 2.45) is 0 Å². The van der Waals surface area contributed by atoms with Gasteiger partial charge in [-0.15, -0.1) is 0 Å². The van der Waals surface area contributed by atoms with E-state index in [-0.39, 0.29) is 0 Å². The molecule has 0 bridgehead atoms. The average molecular weight is 286 g/mol. The third-order valence-corrected chi connectivity index (χ3v) is 3.22. The van der Waals surface area contributed by atoms with Gasteiger partial charge in [-0.05, 0) is 25.0 Å². The van der Waals surface area contributed by atoms with E-state index in [2.05, 4.69) is 98.8 Å². The van der Waals surface area contributed by atoms with Gasteiger partial charge in [0.25, 0.3) is 0 Å². The van der Waals surface area contributed by atoms with Crippen LogP contribution in [0.1, 0.15) is 25.0 Å². The molecule has 0 spiro atoms. The Morgan fingerprint density at radius 3 is 1.32 bits per heavy atom. The highest BCUT2D eigenvalue weighted by Crippen LogP contribution is 2.09. The maximum atomic E-state index is 2.18. The lowest BCUT2D eigenvalue weighted by molar-refractivity contribution is 1.52. The van der Waals surface area contributed by atoms with Crippen molar-refractivity contribution in [3.63, 3.8) is 0 Å². The van der Waals surface area contributed by atoms with E-state index >= 15 is 0 Å². The summed E-state index contributed by atoms with van der Waals surface area (Å²) in [7, 11) is 0. The van der Waals surface area contributed by atoms with E-state index < -0.39 is 0 Å². The molecule has 0 saturated carbocycles. The van der Waals surface area contributed by atoms with Crippen molar-refractivity contribution < 1.29 is 0 Å². The monoisotopic (exact) mass is 286 g/mol. The Bertz CT molecular complexity index is 620. The zero-order chi connectivity index (χ0) is 15.6. The van der Waals surface area contributed by atoms with Gasteiger partial charge in [-0.2, -0.15) is 0 Å². The quantitative estimate of drug-likeness (QED) is 0.565. The fourth-order valence-corrected chi connectivity index (χ4v) is 2.14. The second kappa shape index (κ2) is 8.63. The minimum absolute atomic E-state index is 1.23. The largest absolute Gasteiger partial charge is 0.0622 e. The van der Waals surface area contributed by atoms with Crippen molar-refractivity contribution in [1.29, 1.82) is 0 Å². The minimum Gasteiger partial charge on any atom is -0.0622 e. The SMILES string of the molecule is CC(/C=C\C=C\C(C)=C\c1ccccc1)=C\c1ccccc1. The second-order valence-corrected chi connectivity index (χ2v) is 5.32. The molecule has 0 aliphatic rings. The molecular weight excluding hydrogens is 264 g/mol. The van der Waals surface area contributed by atoms with E-state index in [0.29, 0.717) is 0 Å². The number of hydrogen-bond acceptors (Lipinski definition) is 0. The summed E-state index contributed by atoms with van der Waals surface area (Å²) in [5.74, 6) is 0. The molecule has 0 aliphatic heterocycles. The van der Waals surface area contributed by atoms with Gasteiger partial charge in [-0.25, -0.2) is 0 Å². The van der Waals surface area contributed by atoms with Crippen molar-refractivity contribution in [2.75, 3.05) is 0 Å². The van der Waals surface area contributed by atoms with Crippen LogP contribution in [-0.4, -0.2) is 0 Å². The van der Waals surface area contributed by atoms with Crippen molar-refractivity contribution in [3.05, 3.63) is 107 Å². The van der Waals surface area contributed by atoms with Crippen LogP contribution >= 0.6 is 0 Å². The summed E-state index contributed by atoms with van der Waals surface area (Å²) in [4.78, 5) is 0. The highest BCUT2D eigenvalue weighted by atomic mass is 13.9. The zero-order valence-corrected chi connectivity index (χ0v) is 13.2. The predicted octanol–water partition coefficient (Wildman–Crippen LogP) is 6.31. The first-order valence-electron chi connectivity index (χ1n) is 7.55. The molecular formula is C22H22. The van der Waals surface area contributed by atoms with Crippen molar-refractivity contribution in [2.45, 2.75) is 13.8 Å². The van der Waals surface area contributed by atoms with Crippen molar-refractivity contribution >= 4 is 12.2 Å². The maximum absolute atomic E-state index is 2.18. The molecule has 0 N–H and O–H groups in total. The zero-order valence-electron chi connectivity index (χ0n) is 13.2. The number of hydrogen-bond donors (Lipinski definition) is 0. The molecule has 0 amide bonds. The third kappa shape index (κ3) is 5.80. The molecule has 0 nitrogen and oxygen atoms in total. The Morgan fingerprint density at radius 1 is 0.591 bits per heavy atom. The van der Waals surface area contributed by atoms with Gasteiger partial charge in [0.05, 0.1) is 0 Å². The fraction of sp³-hybridized carbons (Fsp3) is 0.0909. The molecule has 0 aliphatic carbocycles. The molecule has 0 atom stereocenters. The van der Waals surface area contributed by atoms with Crippen LogP contribution < -0.4 is 0 Å².